The summed E-state index contributed by atoms with van der Waals surface area (Å²) in [6, 6.07) is 0. The lowest BCUT2D eigenvalue weighted by molar-refractivity contribution is -0.167. The van der Waals surface area contributed by atoms with Crippen molar-refractivity contribution >= 4 is 17.9 Å². The van der Waals surface area contributed by atoms with Crippen LogP contribution in [0.3, 0.4) is 0 Å². The Morgan fingerprint density at radius 3 is 0.735 bits per heavy atom. The van der Waals surface area contributed by atoms with E-state index in [1.165, 1.54) is 186 Å². The summed E-state index contributed by atoms with van der Waals surface area (Å²) in [4.78, 5) is 38.4. The maximum atomic E-state index is 12.9. The van der Waals surface area contributed by atoms with Crippen LogP contribution in [-0.4, -0.2) is 37.2 Å². The molecule has 0 N–H and O–H groups in total. The minimum atomic E-state index is -0.783. The predicted octanol–water partition coefficient (Wildman–Crippen LogP) is 24.8. The topological polar surface area (TPSA) is 78.9 Å². The molecular formula is C77H134O6. The average molecular weight is 1160 g/mol. The van der Waals surface area contributed by atoms with Crippen LogP contribution in [0.4, 0.5) is 0 Å². The maximum absolute atomic E-state index is 12.9. The van der Waals surface area contributed by atoms with Gasteiger partial charge in [-0.05, 0) is 96.3 Å². The lowest BCUT2D eigenvalue weighted by atomic mass is 10.0. The molecule has 83 heavy (non-hydrogen) atoms. The van der Waals surface area contributed by atoms with Gasteiger partial charge in [0.2, 0.25) is 0 Å². The van der Waals surface area contributed by atoms with Gasteiger partial charge in [0.1, 0.15) is 13.2 Å². The number of hydrogen-bond acceptors (Lipinski definition) is 6. The summed E-state index contributed by atoms with van der Waals surface area (Å²) in [5.41, 5.74) is 0. The van der Waals surface area contributed by atoms with Crippen LogP contribution in [0.15, 0.2) is 97.2 Å². The van der Waals surface area contributed by atoms with E-state index in [1.54, 1.807) is 0 Å². The molecule has 0 heterocycles. The van der Waals surface area contributed by atoms with E-state index in [-0.39, 0.29) is 31.1 Å². The van der Waals surface area contributed by atoms with Crippen LogP contribution in [-0.2, 0) is 28.6 Å². The molecule has 0 fully saturated rings. The highest BCUT2D eigenvalue weighted by Gasteiger charge is 2.19. The van der Waals surface area contributed by atoms with E-state index in [0.29, 0.717) is 19.3 Å². The second-order valence-corrected chi connectivity index (χ2v) is 23.7. The van der Waals surface area contributed by atoms with Crippen molar-refractivity contribution in [2.24, 2.45) is 0 Å². The number of carbonyl (C=O) groups excluding carboxylic acids is 3. The van der Waals surface area contributed by atoms with Gasteiger partial charge in [-0.15, -0.1) is 0 Å². The summed E-state index contributed by atoms with van der Waals surface area (Å²) in [5, 5.41) is 0. The Hall–Kier alpha value is -3.67. The number of ether oxygens (including phenoxy) is 3. The molecule has 478 valence electrons. The zero-order valence-electron chi connectivity index (χ0n) is 54.9. The SMILES string of the molecule is CC/C=C\C/C=C\C/C=C\C/C=C\C/C=C\CCCCCCCCCCCCCCCCCCCC(=O)OCC(COC(=O)CCCCCCC/C=C\C/C=C\C/C=C\CC)OC(=O)CCCCCCCCCCCCCCCCCCC. The highest BCUT2D eigenvalue weighted by Crippen LogP contribution is 2.18. The minimum absolute atomic E-state index is 0.0780. The summed E-state index contributed by atoms with van der Waals surface area (Å²) >= 11 is 0. The second-order valence-electron chi connectivity index (χ2n) is 23.7. The number of allylic oxidation sites excluding steroid dienone is 16. The number of unbranched alkanes of at least 4 members (excludes halogenated alkanes) is 38. The van der Waals surface area contributed by atoms with Gasteiger partial charge in [0, 0.05) is 19.3 Å². The van der Waals surface area contributed by atoms with Crippen molar-refractivity contribution in [2.75, 3.05) is 13.2 Å². The minimum Gasteiger partial charge on any atom is -0.462 e. The Balaban J connectivity index is 4.20. The van der Waals surface area contributed by atoms with Crippen LogP contribution < -0.4 is 0 Å². The quantitative estimate of drug-likeness (QED) is 0.0261. The van der Waals surface area contributed by atoms with Crippen LogP contribution >= 0.6 is 0 Å². The molecule has 0 bridgehead atoms. The number of carbonyl (C=O) groups is 3. The van der Waals surface area contributed by atoms with E-state index in [0.717, 1.165) is 128 Å². The first kappa shape index (κ1) is 79.3. The highest BCUT2D eigenvalue weighted by atomic mass is 16.6. The number of rotatable bonds is 65. The van der Waals surface area contributed by atoms with Crippen LogP contribution in [0, 0.1) is 0 Å². The van der Waals surface area contributed by atoms with E-state index in [9.17, 15) is 14.4 Å². The highest BCUT2D eigenvalue weighted by molar-refractivity contribution is 5.71. The Morgan fingerprint density at radius 2 is 0.470 bits per heavy atom. The Labute approximate surface area is 515 Å². The van der Waals surface area contributed by atoms with Crippen LogP contribution in [0.1, 0.15) is 355 Å². The van der Waals surface area contributed by atoms with Gasteiger partial charge in [-0.25, -0.2) is 0 Å². The monoisotopic (exact) mass is 1160 g/mol. The van der Waals surface area contributed by atoms with Gasteiger partial charge in [-0.1, -0.05) is 336 Å². The summed E-state index contributed by atoms with van der Waals surface area (Å²) in [5.74, 6) is -0.875. The van der Waals surface area contributed by atoms with E-state index in [4.69, 9.17) is 14.2 Å². The van der Waals surface area contributed by atoms with E-state index >= 15 is 0 Å². The smallest absolute Gasteiger partial charge is 0.306 e. The lowest BCUT2D eigenvalue weighted by Gasteiger charge is -2.18. The molecular weight excluding hydrogens is 1020 g/mol. The standard InChI is InChI=1S/C77H134O6/c1-4-7-10-13-16-19-22-25-28-30-31-32-33-34-35-36-37-38-39-40-41-42-43-44-45-47-49-52-55-58-61-64-67-70-76(79)82-73-74(72-81-75(78)69-66-63-60-57-54-51-48-27-24-21-18-15-12-9-6-3)83-77(80)71-68-65-62-59-56-53-50-46-29-26-23-20-17-14-11-8-5-2/h7,9-10,12,16,18-19,21,25,27-28,31-32,34-35,48,74H,4-6,8,11,13-15,17,20,22-24,26,29-30,33,36-47,49-73H2,1-3H3/b10-7-,12-9-,19-16-,21-18-,28-25-,32-31-,35-34-,48-27-. The Bertz CT molecular complexity index is 1610. The normalized spacial score (nSPS) is 12.7. The van der Waals surface area contributed by atoms with E-state index in [2.05, 4.69) is 118 Å². The van der Waals surface area contributed by atoms with Crippen molar-refractivity contribution in [2.45, 2.75) is 361 Å². The van der Waals surface area contributed by atoms with Crippen molar-refractivity contribution in [3.05, 3.63) is 97.2 Å². The lowest BCUT2D eigenvalue weighted by Crippen LogP contribution is -2.30. The largest absolute Gasteiger partial charge is 0.462 e. The molecule has 0 aromatic rings. The molecule has 0 rings (SSSR count). The molecule has 0 aliphatic carbocycles. The predicted molar refractivity (Wildman–Crippen MR) is 362 cm³/mol. The molecule has 0 radical (unpaired) electrons. The third kappa shape index (κ3) is 69.0. The van der Waals surface area contributed by atoms with E-state index < -0.39 is 6.10 Å². The molecule has 1 atom stereocenters. The summed E-state index contributed by atoms with van der Waals surface area (Å²) in [6.45, 7) is 6.45. The molecule has 0 amide bonds. The first-order valence-corrected chi connectivity index (χ1v) is 35.7. The zero-order chi connectivity index (χ0) is 59.9. The summed E-state index contributed by atoms with van der Waals surface area (Å²) < 4.78 is 17.0. The third-order valence-corrected chi connectivity index (χ3v) is 15.6. The summed E-state index contributed by atoms with van der Waals surface area (Å²) in [7, 11) is 0. The molecule has 6 nitrogen and oxygen atoms in total. The molecule has 0 aliphatic heterocycles. The van der Waals surface area contributed by atoms with Gasteiger partial charge >= 0.3 is 17.9 Å². The van der Waals surface area contributed by atoms with Crippen LogP contribution in [0.2, 0.25) is 0 Å². The first-order valence-electron chi connectivity index (χ1n) is 35.7. The third-order valence-electron chi connectivity index (χ3n) is 15.6. The van der Waals surface area contributed by atoms with Crippen LogP contribution in [0.25, 0.3) is 0 Å². The average Bonchev–Trinajstić information content (AvgIpc) is 3.49. The van der Waals surface area contributed by atoms with Gasteiger partial charge in [-0.2, -0.15) is 0 Å². The van der Waals surface area contributed by atoms with Gasteiger partial charge in [-0.3, -0.25) is 14.4 Å². The van der Waals surface area contributed by atoms with Crippen molar-refractivity contribution in [1.29, 1.82) is 0 Å². The van der Waals surface area contributed by atoms with Crippen molar-refractivity contribution in [3.63, 3.8) is 0 Å². The molecule has 0 saturated carbocycles. The van der Waals surface area contributed by atoms with E-state index in [1.807, 2.05) is 0 Å². The molecule has 6 heteroatoms. The molecule has 1 unspecified atom stereocenters. The van der Waals surface area contributed by atoms with Gasteiger partial charge in [0.05, 0.1) is 0 Å². The fourth-order valence-corrected chi connectivity index (χ4v) is 10.3. The second kappa shape index (κ2) is 70.8. The van der Waals surface area contributed by atoms with Crippen LogP contribution in [0.5, 0.6) is 0 Å². The van der Waals surface area contributed by atoms with Gasteiger partial charge in [0.15, 0.2) is 6.10 Å². The maximum Gasteiger partial charge on any atom is 0.306 e. The molecule has 0 aromatic carbocycles. The number of hydrogen-bond donors (Lipinski definition) is 0. The molecule has 0 spiro atoms. The molecule has 0 aliphatic rings. The first-order chi connectivity index (χ1) is 41.0. The van der Waals surface area contributed by atoms with Crippen molar-refractivity contribution in [1.82, 2.24) is 0 Å². The fraction of sp³-hybridized carbons (Fsp3) is 0.753. The fourth-order valence-electron chi connectivity index (χ4n) is 10.3. The summed E-state index contributed by atoms with van der Waals surface area (Å²) in [6.07, 6.45) is 95.9. The number of esters is 3. The van der Waals surface area contributed by atoms with Crippen molar-refractivity contribution < 1.29 is 28.6 Å². The molecule has 0 saturated heterocycles. The van der Waals surface area contributed by atoms with Crippen molar-refractivity contribution in [3.8, 4) is 0 Å². The van der Waals surface area contributed by atoms with Gasteiger partial charge in [0.25, 0.3) is 0 Å². The Kier molecular flexibility index (Phi) is 67.7. The zero-order valence-corrected chi connectivity index (χ0v) is 54.9. The molecule has 0 aromatic heterocycles. The van der Waals surface area contributed by atoms with Gasteiger partial charge < -0.3 is 14.2 Å². The Morgan fingerprint density at radius 1 is 0.253 bits per heavy atom.